The van der Waals surface area contributed by atoms with Crippen molar-refractivity contribution in [2.24, 2.45) is 5.73 Å². The first-order valence-corrected chi connectivity index (χ1v) is 7.16. The lowest BCUT2D eigenvalue weighted by Crippen LogP contribution is -2.08. The maximum atomic E-state index is 13.4. The molecule has 5 heteroatoms. The molecule has 3 nitrogen and oxygen atoms in total. The molecule has 2 aromatic rings. The van der Waals surface area contributed by atoms with E-state index in [1.807, 2.05) is 31.2 Å². The Balaban J connectivity index is 2.22. The second kappa shape index (κ2) is 6.70. The summed E-state index contributed by atoms with van der Waals surface area (Å²) < 4.78 is 20.0. The quantitative estimate of drug-likeness (QED) is 0.906. The molecule has 0 aliphatic rings. The molecular formula is C16H14BrFN2O. The molecule has 0 aromatic heterocycles. The van der Waals surface area contributed by atoms with Gasteiger partial charge in [0.05, 0.1) is 11.6 Å². The van der Waals surface area contributed by atoms with E-state index in [0.29, 0.717) is 11.3 Å². The molecule has 0 aliphatic carbocycles. The van der Waals surface area contributed by atoms with Crippen LogP contribution in [-0.2, 0) is 6.61 Å². The van der Waals surface area contributed by atoms with Crippen molar-refractivity contribution in [2.75, 3.05) is 0 Å². The first-order chi connectivity index (χ1) is 9.99. The number of nitriles is 1. The Morgan fingerprint density at radius 1 is 1.33 bits per heavy atom. The van der Waals surface area contributed by atoms with Gasteiger partial charge in [-0.25, -0.2) is 4.39 Å². The number of benzene rings is 2. The molecule has 2 aromatic carbocycles. The number of hydrogen-bond donors (Lipinski definition) is 1. The summed E-state index contributed by atoms with van der Waals surface area (Å²) in [5.41, 5.74) is 7.65. The Morgan fingerprint density at radius 2 is 2.10 bits per heavy atom. The van der Waals surface area contributed by atoms with Gasteiger partial charge in [-0.3, -0.25) is 0 Å². The van der Waals surface area contributed by atoms with Crippen LogP contribution in [0.1, 0.15) is 29.7 Å². The van der Waals surface area contributed by atoms with Gasteiger partial charge in [-0.05, 0) is 42.8 Å². The summed E-state index contributed by atoms with van der Waals surface area (Å²) in [6.45, 7) is 2.04. The van der Waals surface area contributed by atoms with E-state index in [9.17, 15) is 4.39 Å². The molecule has 21 heavy (non-hydrogen) atoms. The Labute approximate surface area is 131 Å². The van der Waals surface area contributed by atoms with E-state index in [2.05, 4.69) is 15.9 Å². The smallest absolute Gasteiger partial charge is 0.125 e. The number of nitrogens with two attached hydrogens (primary N) is 1. The van der Waals surface area contributed by atoms with E-state index in [4.69, 9.17) is 15.7 Å². The van der Waals surface area contributed by atoms with Crippen molar-refractivity contribution in [1.29, 1.82) is 5.26 Å². The second-order valence-electron chi connectivity index (χ2n) is 4.72. The molecule has 0 saturated heterocycles. The van der Waals surface area contributed by atoms with Gasteiger partial charge in [0.25, 0.3) is 0 Å². The summed E-state index contributed by atoms with van der Waals surface area (Å²) in [7, 11) is 0. The topological polar surface area (TPSA) is 59.0 Å². The highest BCUT2D eigenvalue weighted by Gasteiger charge is 2.09. The molecule has 0 amide bonds. The van der Waals surface area contributed by atoms with Crippen molar-refractivity contribution >= 4 is 15.9 Å². The minimum atomic E-state index is -0.450. The summed E-state index contributed by atoms with van der Waals surface area (Å²) in [5, 5.41) is 8.84. The highest BCUT2D eigenvalue weighted by atomic mass is 79.9. The maximum Gasteiger partial charge on any atom is 0.125 e. The van der Waals surface area contributed by atoms with Crippen LogP contribution in [0, 0.1) is 17.1 Å². The molecule has 1 unspecified atom stereocenters. The van der Waals surface area contributed by atoms with Gasteiger partial charge in [0.2, 0.25) is 0 Å². The Kier molecular flexibility index (Phi) is 4.94. The van der Waals surface area contributed by atoms with Crippen molar-refractivity contribution in [3.8, 4) is 11.8 Å². The predicted octanol–water partition coefficient (Wildman–Crippen LogP) is 4.06. The normalized spacial score (nSPS) is 11.8. The van der Waals surface area contributed by atoms with Crippen LogP contribution in [0.5, 0.6) is 5.75 Å². The fourth-order valence-corrected chi connectivity index (χ4v) is 2.31. The van der Waals surface area contributed by atoms with Crippen LogP contribution in [0.2, 0.25) is 0 Å². The number of ether oxygens (including phenoxy) is 1. The van der Waals surface area contributed by atoms with Crippen molar-refractivity contribution in [3.05, 3.63) is 63.4 Å². The molecule has 2 rings (SSSR count). The summed E-state index contributed by atoms with van der Waals surface area (Å²) >= 11 is 3.38. The summed E-state index contributed by atoms with van der Waals surface area (Å²) in [6.07, 6.45) is 0. The van der Waals surface area contributed by atoms with Gasteiger partial charge in [0.1, 0.15) is 18.2 Å². The van der Waals surface area contributed by atoms with E-state index < -0.39 is 5.82 Å². The monoisotopic (exact) mass is 348 g/mol. The van der Waals surface area contributed by atoms with E-state index in [1.54, 1.807) is 6.07 Å². The minimum Gasteiger partial charge on any atom is -0.489 e. The van der Waals surface area contributed by atoms with Gasteiger partial charge in [-0.15, -0.1) is 0 Å². The van der Waals surface area contributed by atoms with Gasteiger partial charge in [-0.1, -0.05) is 22.0 Å². The SMILES string of the molecule is CC(N)c1ccc(Br)cc1OCc1cc(F)cc(C#N)c1. The standard InChI is InChI=1S/C16H14BrFN2O/c1-10(20)15-3-2-13(17)7-16(15)21-9-12-4-11(8-19)5-14(18)6-12/h2-7,10H,9,20H2,1H3. The lowest BCUT2D eigenvalue weighted by molar-refractivity contribution is 0.300. The molecule has 0 bridgehead atoms. The number of halogens is 2. The van der Waals surface area contributed by atoms with Crippen molar-refractivity contribution in [1.82, 2.24) is 0 Å². The van der Waals surface area contributed by atoms with Gasteiger partial charge in [-0.2, -0.15) is 5.26 Å². The first kappa shape index (κ1) is 15.5. The summed E-state index contributed by atoms with van der Waals surface area (Å²) in [4.78, 5) is 0. The maximum absolute atomic E-state index is 13.4. The third-order valence-corrected chi connectivity index (χ3v) is 3.44. The molecule has 2 N–H and O–H groups in total. The summed E-state index contributed by atoms with van der Waals surface area (Å²) in [6, 6.07) is 11.5. The molecular weight excluding hydrogens is 335 g/mol. The largest absolute Gasteiger partial charge is 0.489 e. The predicted molar refractivity (Wildman–Crippen MR) is 82.2 cm³/mol. The average Bonchev–Trinajstić information content (AvgIpc) is 2.44. The molecule has 1 atom stereocenters. The lowest BCUT2D eigenvalue weighted by atomic mass is 10.1. The van der Waals surface area contributed by atoms with Crippen LogP contribution in [0.15, 0.2) is 40.9 Å². The van der Waals surface area contributed by atoms with Crippen molar-refractivity contribution in [2.45, 2.75) is 19.6 Å². The molecule has 0 fully saturated rings. The minimum absolute atomic E-state index is 0.169. The first-order valence-electron chi connectivity index (χ1n) is 6.37. The van der Waals surface area contributed by atoms with Gasteiger partial charge in [0.15, 0.2) is 0 Å². The molecule has 0 aliphatic heterocycles. The van der Waals surface area contributed by atoms with Crippen LogP contribution in [0.25, 0.3) is 0 Å². The molecule has 0 spiro atoms. The van der Waals surface area contributed by atoms with E-state index >= 15 is 0 Å². The molecule has 108 valence electrons. The van der Waals surface area contributed by atoms with Crippen molar-refractivity contribution < 1.29 is 9.13 Å². The van der Waals surface area contributed by atoms with Crippen LogP contribution in [-0.4, -0.2) is 0 Å². The fraction of sp³-hybridized carbons (Fsp3) is 0.188. The fourth-order valence-electron chi connectivity index (χ4n) is 1.97. The number of nitrogens with zero attached hydrogens (tertiary/aromatic N) is 1. The zero-order valence-corrected chi connectivity index (χ0v) is 13.0. The second-order valence-corrected chi connectivity index (χ2v) is 5.64. The van der Waals surface area contributed by atoms with Crippen LogP contribution < -0.4 is 10.5 Å². The lowest BCUT2D eigenvalue weighted by Gasteiger charge is -2.14. The van der Waals surface area contributed by atoms with Crippen LogP contribution >= 0.6 is 15.9 Å². The van der Waals surface area contributed by atoms with E-state index in [0.717, 1.165) is 10.0 Å². The Morgan fingerprint density at radius 3 is 2.76 bits per heavy atom. The third kappa shape index (κ3) is 4.03. The van der Waals surface area contributed by atoms with E-state index in [-0.39, 0.29) is 18.2 Å². The highest BCUT2D eigenvalue weighted by Crippen LogP contribution is 2.28. The molecule has 0 radical (unpaired) electrons. The Hall–Kier alpha value is -1.90. The van der Waals surface area contributed by atoms with Gasteiger partial charge >= 0.3 is 0 Å². The Bertz CT molecular complexity index is 695. The summed E-state index contributed by atoms with van der Waals surface area (Å²) in [5.74, 6) is 0.191. The zero-order chi connectivity index (χ0) is 15.4. The van der Waals surface area contributed by atoms with Gasteiger partial charge in [0, 0.05) is 16.1 Å². The molecule has 0 saturated carbocycles. The number of rotatable bonds is 4. The van der Waals surface area contributed by atoms with Crippen molar-refractivity contribution in [3.63, 3.8) is 0 Å². The molecule has 0 heterocycles. The third-order valence-electron chi connectivity index (χ3n) is 2.95. The van der Waals surface area contributed by atoms with Crippen LogP contribution in [0.4, 0.5) is 4.39 Å². The average molecular weight is 349 g/mol. The van der Waals surface area contributed by atoms with E-state index in [1.165, 1.54) is 12.1 Å². The number of hydrogen-bond acceptors (Lipinski definition) is 3. The van der Waals surface area contributed by atoms with Gasteiger partial charge < -0.3 is 10.5 Å². The van der Waals surface area contributed by atoms with Crippen LogP contribution in [0.3, 0.4) is 0 Å². The highest BCUT2D eigenvalue weighted by molar-refractivity contribution is 9.10. The zero-order valence-electron chi connectivity index (χ0n) is 11.4.